The van der Waals surface area contributed by atoms with Crippen molar-refractivity contribution in [3.8, 4) is 12.3 Å². The van der Waals surface area contributed by atoms with E-state index in [1.807, 2.05) is 0 Å². The molecule has 0 spiro atoms. The molecule has 5 heteroatoms. The van der Waals surface area contributed by atoms with Gasteiger partial charge in [0.05, 0.1) is 19.2 Å². The van der Waals surface area contributed by atoms with Gasteiger partial charge in [-0.1, -0.05) is 26.3 Å². The summed E-state index contributed by atoms with van der Waals surface area (Å²) in [4.78, 5) is 18.4. The van der Waals surface area contributed by atoms with E-state index in [4.69, 9.17) is 11.2 Å². The summed E-state index contributed by atoms with van der Waals surface area (Å²) in [7, 11) is 1.37. The van der Waals surface area contributed by atoms with Gasteiger partial charge in [0.15, 0.2) is 0 Å². The topological polar surface area (TPSA) is 53.9 Å². The smallest absolute Gasteiger partial charge is 0.407 e. The third kappa shape index (κ3) is 3.76. The van der Waals surface area contributed by atoms with Crippen molar-refractivity contribution in [3.05, 3.63) is 24.0 Å². The first kappa shape index (κ1) is 17.1. The number of amides is 1. The van der Waals surface area contributed by atoms with Crippen LogP contribution in [0.15, 0.2) is 29.0 Å². The summed E-state index contributed by atoms with van der Waals surface area (Å²) < 4.78 is 4.74. The zero-order valence-corrected chi connectivity index (χ0v) is 14.1. The van der Waals surface area contributed by atoms with Gasteiger partial charge in [-0.05, 0) is 18.8 Å². The predicted octanol–water partition coefficient (Wildman–Crippen LogP) is 2.71. The molecule has 1 N–H and O–H groups in total. The highest BCUT2D eigenvalue weighted by Crippen LogP contribution is 2.29. The van der Waals surface area contributed by atoms with E-state index in [1.165, 1.54) is 7.11 Å². The number of carbonyl (C=O) groups is 1. The van der Waals surface area contributed by atoms with Gasteiger partial charge in [0, 0.05) is 36.1 Å². The number of aliphatic imine (C=N–C) groups is 1. The van der Waals surface area contributed by atoms with Gasteiger partial charge in [-0.25, -0.2) is 4.79 Å². The third-order valence-corrected chi connectivity index (χ3v) is 4.43. The molecule has 0 aromatic heterocycles. The number of terminal acetylenes is 1. The Morgan fingerprint density at radius 2 is 2.35 bits per heavy atom. The van der Waals surface area contributed by atoms with Crippen LogP contribution in [-0.2, 0) is 4.74 Å². The number of rotatable bonds is 5. The molecule has 0 aromatic carbocycles. The van der Waals surface area contributed by atoms with E-state index < -0.39 is 6.09 Å². The molecule has 0 radical (unpaired) electrons. The highest BCUT2D eigenvalue weighted by atomic mass is 16.5. The summed E-state index contributed by atoms with van der Waals surface area (Å²) in [6.07, 6.45) is 9.66. The molecule has 2 aliphatic rings. The number of carbonyl (C=O) groups excluding carboxylic acids is 1. The van der Waals surface area contributed by atoms with Gasteiger partial charge in [0.1, 0.15) is 0 Å². The Morgan fingerprint density at radius 1 is 1.61 bits per heavy atom. The maximum atomic E-state index is 11.6. The molecule has 2 heterocycles. The first-order chi connectivity index (χ1) is 11.0. The van der Waals surface area contributed by atoms with Gasteiger partial charge in [-0.15, -0.1) is 6.42 Å². The second-order valence-corrected chi connectivity index (χ2v) is 6.30. The van der Waals surface area contributed by atoms with Crippen molar-refractivity contribution < 1.29 is 9.53 Å². The number of hydrogen-bond acceptors (Lipinski definition) is 4. The number of allylic oxidation sites excluding steroid dienone is 1. The quantitative estimate of drug-likeness (QED) is 0.794. The average Bonchev–Trinajstić information content (AvgIpc) is 3.19. The van der Waals surface area contributed by atoms with Crippen molar-refractivity contribution in [2.45, 2.75) is 45.2 Å². The fourth-order valence-electron chi connectivity index (χ4n) is 3.20. The molecular weight excluding hydrogens is 290 g/mol. The highest BCUT2D eigenvalue weighted by molar-refractivity contribution is 5.95. The molecule has 0 saturated carbocycles. The van der Waals surface area contributed by atoms with Gasteiger partial charge < -0.3 is 15.0 Å². The molecule has 0 aromatic rings. The summed E-state index contributed by atoms with van der Waals surface area (Å²) in [5.74, 6) is 2.88. The molecule has 23 heavy (non-hydrogen) atoms. The number of alkyl carbamates (subject to hydrolysis) is 1. The van der Waals surface area contributed by atoms with Crippen LogP contribution in [0, 0.1) is 18.3 Å². The van der Waals surface area contributed by atoms with Crippen molar-refractivity contribution >= 4 is 11.8 Å². The summed E-state index contributed by atoms with van der Waals surface area (Å²) in [5.41, 5.74) is 2.92. The lowest BCUT2D eigenvalue weighted by Crippen LogP contribution is -2.47. The van der Waals surface area contributed by atoms with Crippen LogP contribution in [0.2, 0.25) is 0 Å². The highest BCUT2D eigenvalue weighted by Gasteiger charge is 2.34. The lowest BCUT2D eigenvalue weighted by atomic mass is 9.98. The van der Waals surface area contributed by atoms with Crippen LogP contribution in [0.4, 0.5) is 4.79 Å². The Morgan fingerprint density at radius 3 is 2.91 bits per heavy atom. The number of hydrogen-bond donors (Lipinski definition) is 1. The zero-order valence-electron chi connectivity index (χ0n) is 14.1. The number of methoxy groups -OCH3 is 1. The predicted molar refractivity (Wildman–Crippen MR) is 92.0 cm³/mol. The van der Waals surface area contributed by atoms with E-state index in [1.54, 1.807) is 6.20 Å². The zero-order chi connectivity index (χ0) is 17.0. The van der Waals surface area contributed by atoms with Crippen LogP contribution in [-0.4, -0.2) is 42.4 Å². The van der Waals surface area contributed by atoms with Crippen LogP contribution in [0.25, 0.3) is 0 Å². The van der Waals surface area contributed by atoms with E-state index in [0.717, 1.165) is 42.8 Å². The number of nitrogens with one attached hydrogen (secondary N) is 1. The summed E-state index contributed by atoms with van der Waals surface area (Å²) >= 11 is 0. The monoisotopic (exact) mass is 315 g/mol. The van der Waals surface area contributed by atoms with E-state index in [-0.39, 0.29) is 18.0 Å². The lowest BCUT2D eigenvalue weighted by molar-refractivity contribution is 0.162. The van der Waals surface area contributed by atoms with E-state index in [0.29, 0.717) is 0 Å². The molecule has 0 unspecified atom stereocenters. The van der Waals surface area contributed by atoms with Crippen LogP contribution < -0.4 is 5.32 Å². The van der Waals surface area contributed by atoms with Gasteiger partial charge in [0.25, 0.3) is 0 Å². The molecule has 2 rings (SSSR count). The molecule has 1 saturated heterocycles. The van der Waals surface area contributed by atoms with Crippen molar-refractivity contribution in [2.24, 2.45) is 10.9 Å². The van der Waals surface area contributed by atoms with Gasteiger partial charge >= 0.3 is 6.09 Å². The number of likely N-dealkylation sites (tertiary alicyclic amines) is 1. The minimum Gasteiger partial charge on any atom is -0.453 e. The summed E-state index contributed by atoms with van der Waals surface area (Å²) in [6.45, 7) is 9.28. The second kappa shape index (κ2) is 7.36. The Bertz CT molecular complexity index is 584. The maximum Gasteiger partial charge on any atom is 0.407 e. The fraction of sp³-hybridized carbons (Fsp3) is 0.556. The maximum absolute atomic E-state index is 11.6. The van der Waals surface area contributed by atoms with Crippen molar-refractivity contribution in [3.63, 3.8) is 0 Å². The first-order valence-electron chi connectivity index (χ1n) is 8.00. The van der Waals surface area contributed by atoms with Crippen molar-refractivity contribution in [2.75, 3.05) is 13.7 Å². The molecule has 0 bridgehead atoms. The standard InChI is InChI=1S/C18H25N3O2/c1-6-14-10-15(19-11-14)16-8-7-9-21(16)13(4)17(12(2)3)20-18(22)23-5/h1,11-12,16-17H,4,7-10H2,2-3,5H3,(H,20,22)/t16-,17-/m0/s1. The minimum absolute atomic E-state index is 0.162. The molecule has 1 fully saturated rings. The first-order valence-corrected chi connectivity index (χ1v) is 8.00. The summed E-state index contributed by atoms with van der Waals surface area (Å²) in [5, 5.41) is 2.89. The Hall–Kier alpha value is -2.22. The number of nitrogens with zero attached hydrogens (tertiary/aromatic N) is 2. The Balaban J connectivity index is 2.10. The molecule has 1 amide bonds. The average molecular weight is 315 g/mol. The van der Waals surface area contributed by atoms with Crippen LogP contribution in [0.3, 0.4) is 0 Å². The third-order valence-electron chi connectivity index (χ3n) is 4.43. The van der Waals surface area contributed by atoms with Gasteiger partial charge in [-0.3, -0.25) is 4.99 Å². The van der Waals surface area contributed by atoms with E-state index in [2.05, 4.69) is 41.6 Å². The molecule has 5 nitrogen and oxygen atoms in total. The fourth-order valence-corrected chi connectivity index (χ4v) is 3.20. The van der Waals surface area contributed by atoms with Gasteiger partial charge in [0.2, 0.25) is 0 Å². The molecule has 0 aliphatic carbocycles. The van der Waals surface area contributed by atoms with E-state index >= 15 is 0 Å². The second-order valence-electron chi connectivity index (χ2n) is 6.30. The number of ether oxygens (including phenoxy) is 1. The van der Waals surface area contributed by atoms with Crippen molar-refractivity contribution in [1.82, 2.24) is 10.2 Å². The molecule has 2 atom stereocenters. The molecular formula is C18H25N3O2. The van der Waals surface area contributed by atoms with E-state index in [9.17, 15) is 4.79 Å². The van der Waals surface area contributed by atoms with Crippen LogP contribution in [0.5, 0.6) is 0 Å². The lowest BCUT2D eigenvalue weighted by Gasteiger charge is -2.35. The Kier molecular flexibility index (Phi) is 5.49. The Labute approximate surface area is 138 Å². The van der Waals surface area contributed by atoms with Crippen LogP contribution >= 0.6 is 0 Å². The largest absolute Gasteiger partial charge is 0.453 e. The van der Waals surface area contributed by atoms with Gasteiger partial charge in [-0.2, -0.15) is 0 Å². The van der Waals surface area contributed by atoms with Crippen molar-refractivity contribution in [1.29, 1.82) is 0 Å². The molecule has 124 valence electrons. The minimum atomic E-state index is -0.435. The summed E-state index contributed by atoms with van der Waals surface area (Å²) in [6, 6.07) is 0.0513. The normalized spacial score (nSPS) is 21.5. The molecule has 2 aliphatic heterocycles. The SMILES string of the molecule is C#CC1=CN=C([C@@H]2CCCN2C(=C)[C@@H](NC(=O)OC)C(C)C)C1. The van der Waals surface area contributed by atoms with Crippen LogP contribution in [0.1, 0.15) is 33.1 Å².